The molecule has 0 spiro atoms. The van der Waals surface area contributed by atoms with Gasteiger partial charge in [-0.2, -0.15) is 0 Å². The minimum Gasteiger partial charge on any atom is -0.481 e. The highest BCUT2D eigenvalue weighted by Gasteiger charge is 2.18. The van der Waals surface area contributed by atoms with Crippen molar-refractivity contribution in [2.75, 3.05) is 0 Å². The lowest BCUT2D eigenvalue weighted by atomic mass is 10.2. The molecule has 0 atom stereocenters. The molecule has 8 heavy (non-hydrogen) atoms. The summed E-state index contributed by atoms with van der Waals surface area (Å²) >= 11 is 0. The molecule has 0 saturated heterocycles. The summed E-state index contributed by atoms with van der Waals surface area (Å²) in [4.78, 5) is 19.5. The van der Waals surface area contributed by atoms with E-state index in [0.717, 1.165) is 6.92 Å². The molecule has 4 heteroatoms. The lowest BCUT2D eigenvalue weighted by Gasteiger charge is -1.94. The van der Waals surface area contributed by atoms with E-state index in [9.17, 15) is 9.59 Å². The molecule has 0 aliphatic carbocycles. The average molecular weight is 120 g/mol. The SMILES string of the molecule is CC(C(=O)O)C(=O)O.[HH]. The van der Waals surface area contributed by atoms with E-state index in [1.165, 1.54) is 0 Å². The van der Waals surface area contributed by atoms with Crippen molar-refractivity contribution in [2.45, 2.75) is 6.92 Å². The molecule has 48 valence electrons. The maximum absolute atomic E-state index is 9.76. The summed E-state index contributed by atoms with van der Waals surface area (Å²) in [6.45, 7) is 1.12. The molecule has 0 fully saturated rings. The van der Waals surface area contributed by atoms with Crippen molar-refractivity contribution in [1.82, 2.24) is 0 Å². The molecule has 0 bridgehead atoms. The highest BCUT2D eigenvalue weighted by Crippen LogP contribution is 1.91. The van der Waals surface area contributed by atoms with E-state index in [1.807, 2.05) is 0 Å². The van der Waals surface area contributed by atoms with Gasteiger partial charge in [0.1, 0.15) is 0 Å². The number of hydrogen-bond acceptors (Lipinski definition) is 2. The van der Waals surface area contributed by atoms with Crippen LogP contribution in [0.1, 0.15) is 8.35 Å². The molecule has 0 aliphatic heterocycles. The number of hydrogen-bond donors (Lipinski definition) is 2. The number of rotatable bonds is 2. The summed E-state index contributed by atoms with van der Waals surface area (Å²) in [7, 11) is 0. The number of aliphatic carboxylic acids is 2. The average Bonchev–Trinajstić information content (AvgIpc) is 1.64. The molecular weight excluding hydrogens is 112 g/mol. The molecule has 0 saturated carbocycles. The second-order valence-electron chi connectivity index (χ2n) is 1.40. The Hall–Kier alpha value is -1.06. The predicted octanol–water partition coefficient (Wildman–Crippen LogP) is 0.0377. The first-order valence-electron chi connectivity index (χ1n) is 2.01. The van der Waals surface area contributed by atoms with Crippen LogP contribution in [-0.4, -0.2) is 22.2 Å². The van der Waals surface area contributed by atoms with Crippen molar-refractivity contribution in [3.8, 4) is 0 Å². The first kappa shape index (κ1) is 6.94. The van der Waals surface area contributed by atoms with Crippen molar-refractivity contribution >= 4 is 11.9 Å². The minimum atomic E-state index is -1.31. The summed E-state index contributed by atoms with van der Waals surface area (Å²) < 4.78 is 0. The van der Waals surface area contributed by atoms with Crippen molar-refractivity contribution in [2.24, 2.45) is 5.92 Å². The summed E-state index contributed by atoms with van der Waals surface area (Å²) in [6, 6.07) is 0. The standard InChI is InChI=1S/C4H6O4.H2/c1-2(3(5)6)4(7)8;/h2H,1H3,(H,5,6)(H,7,8);1H. The zero-order chi connectivity index (χ0) is 6.73. The molecule has 2 N–H and O–H groups in total. The van der Waals surface area contributed by atoms with Crippen molar-refractivity contribution in [3.05, 3.63) is 0 Å². The van der Waals surface area contributed by atoms with Gasteiger partial charge in [0.25, 0.3) is 0 Å². The summed E-state index contributed by atoms with van der Waals surface area (Å²) in [5.41, 5.74) is 0. The van der Waals surface area contributed by atoms with Gasteiger partial charge in [-0.05, 0) is 6.92 Å². The molecule has 0 amide bonds. The molecule has 4 nitrogen and oxygen atoms in total. The van der Waals surface area contributed by atoms with E-state index in [1.54, 1.807) is 0 Å². The Labute approximate surface area is 47.2 Å². The predicted molar refractivity (Wildman–Crippen MR) is 26.5 cm³/mol. The maximum atomic E-state index is 9.76. The van der Waals surface area contributed by atoms with E-state index in [4.69, 9.17) is 10.2 Å². The summed E-state index contributed by atoms with van der Waals surface area (Å²) in [5, 5.41) is 15.9. The lowest BCUT2D eigenvalue weighted by molar-refractivity contribution is -0.153. The zero-order valence-corrected chi connectivity index (χ0v) is 4.29. The van der Waals surface area contributed by atoms with E-state index in [2.05, 4.69) is 0 Å². The molecule has 0 aromatic rings. The number of carbonyl (C=O) groups is 2. The van der Waals surface area contributed by atoms with Gasteiger partial charge in [0.2, 0.25) is 0 Å². The quantitative estimate of drug-likeness (QED) is 0.504. The monoisotopic (exact) mass is 120 g/mol. The third kappa shape index (κ3) is 1.59. The van der Waals surface area contributed by atoms with Crippen molar-refractivity contribution < 1.29 is 21.2 Å². The highest BCUT2D eigenvalue weighted by molar-refractivity contribution is 5.92. The second kappa shape index (κ2) is 2.30. The molecule has 0 rings (SSSR count). The van der Waals surface area contributed by atoms with Gasteiger partial charge in [-0.25, -0.2) is 0 Å². The maximum Gasteiger partial charge on any atom is 0.317 e. The molecule has 0 aromatic carbocycles. The fourth-order valence-corrected chi connectivity index (χ4v) is 0.106. The van der Waals surface area contributed by atoms with E-state index >= 15 is 0 Å². The Balaban J connectivity index is 0. The summed E-state index contributed by atoms with van der Waals surface area (Å²) in [5.74, 6) is -3.91. The van der Waals surface area contributed by atoms with Crippen LogP contribution in [0.3, 0.4) is 0 Å². The Kier molecular flexibility index (Phi) is 1.99. The normalized spacial score (nSPS) is 9.25. The van der Waals surface area contributed by atoms with Gasteiger partial charge in [0.15, 0.2) is 5.92 Å². The van der Waals surface area contributed by atoms with Crippen molar-refractivity contribution in [1.29, 1.82) is 0 Å². The minimum absolute atomic E-state index is 0. The second-order valence-corrected chi connectivity index (χ2v) is 1.40. The van der Waals surface area contributed by atoms with Crippen LogP contribution in [0.5, 0.6) is 0 Å². The highest BCUT2D eigenvalue weighted by atomic mass is 16.4. The van der Waals surface area contributed by atoms with E-state index < -0.39 is 17.9 Å². The molecular formula is C4H8O4. The molecule has 0 radical (unpaired) electrons. The van der Waals surface area contributed by atoms with Gasteiger partial charge in [0.05, 0.1) is 0 Å². The van der Waals surface area contributed by atoms with E-state index in [-0.39, 0.29) is 1.43 Å². The van der Waals surface area contributed by atoms with Crippen LogP contribution in [0.2, 0.25) is 0 Å². The van der Waals surface area contributed by atoms with E-state index in [0.29, 0.717) is 0 Å². The molecule has 0 heterocycles. The third-order valence-electron chi connectivity index (χ3n) is 0.741. The van der Waals surface area contributed by atoms with Gasteiger partial charge < -0.3 is 10.2 Å². The van der Waals surface area contributed by atoms with Crippen LogP contribution in [0.4, 0.5) is 0 Å². The van der Waals surface area contributed by atoms with Gasteiger partial charge in [-0.15, -0.1) is 0 Å². The zero-order valence-electron chi connectivity index (χ0n) is 4.29. The van der Waals surface area contributed by atoms with Crippen LogP contribution in [0.25, 0.3) is 0 Å². The molecule has 0 aliphatic rings. The molecule has 0 unspecified atom stereocenters. The smallest absolute Gasteiger partial charge is 0.317 e. The largest absolute Gasteiger partial charge is 0.481 e. The van der Waals surface area contributed by atoms with Gasteiger partial charge in [-0.1, -0.05) is 0 Å². The molecule has 0 aromatic heterocycles. The topological polar surface area (TPSA) is 74.6 Å². The van der Waals surface area contributed by atoms with Crippen LogP contribution in [0.15, 0.2) is 0 Å². The third-order valence-corrected chi connectivity index (χ3v) is 0.741. The Morgan fingerprint density at radius 1 is 1.38 bits per heavy atom. The van der Waals surface area contributed by atoms with Crippen LogP contribution in [-0.2, 0) is 9.59 Å². The van der Waals surface area contributed by atoms with Crippen LogP contribution < -0.4 is 0 Å². The Morgan fingerprint density at radius 2 is 1.62 bits per heavy atom. The fraction of sp³-hybridized carbons (Fsp3) is 0.500. The van der Waals surface area contributed by atoms with Gasteiger partial charge in [-0.3, -0.25) is 9.59 Å². The van der Waals surface area contributed by atoms with Crippen LogP contribution >= 0.6 is 0 Å². The first-order chi connectivity index (χ1) is 3.55. The number of carboxylic acid groups (broad SMARTS) is 2. The first-order valence-corrected chi connectivity index (χ1v) is 2.01. The van der Waals surface area contributed by atoms with Gasteiger partial charge in [0, 0.05) is 1.43 Å². The number of carboxylic acids is 2. The summed E-state index contributed by atoms with van der Waals surface area (Å²) in [6.07, 6.45) is 0. The van der Waals surface area contributed by atoms with Crippen molar-refractivity contribution in [3.63, 3.8) is 0 Å². The Bertz CT molecular complexity index is 108. The fourth-order valence-electron chi connectivity index (χ4n) is 0.106. The van der Waals surface area contributed by atoms with Crippen LogP contribution in [0, 0.1) is 5.92 Å². The van der Waals surface area contributed by atoms with Gasteiger partial charge >= 0.3 is 11.9 Å². The lowest BCUT2D eigenvalue weighted by Crippen LogP contribution is -2.19. The Morgan fingerprint density at radius 3 is 1.62 bits per heavy atom.